The van der Waals surface area contributed by atoms with Crippen LogP contribution in [0.4, 0.5) is 4.79 Å². The van der Waals surface area contributed by atoms with E-state index in [0.29, 0.717) is 0 Å². The number of urea groups is 1. The number of hydrogen-bond donors (Lipinski definition) is 2. The molecule has 1 spiro atoms. The minimum Gasteiger partial charge on any atom is -0.496 e. The third-order valence-electron chi connectivity index (χ3n) is 5.30. The average molecular weight is 332 g/mol. The summed E-state index contributed by atoms with van der Waals surface area (Å²) in [5, 5.41) is 6.16. The lowest BCUT2D eigenvalue weighted by molar-refractivity contribution is -0.0820. The molecule has 1 heterocycles. The standard InChI is InChI=1S/C19H28N2O3/c1-14(16-7-3-4-8-17(16)23-2)20-18(22)21-15-9-12-24-19(13-15)10-5-6-11-19/h3-4,7-8,14-15H,5-6,9-13H2,1-2H3,(H2,20,21,22)/t14-,15+/m0/s1. The third kappa shape index (κ3) is 3.83. The molecule has 3 rings (SSSR count). The van der Waals surface area contributed by atoms with Crippen molar-refractivity contribution in [2.45, 2.75) is 63.1 Å². The lowest BCUT2D eigenvalue weighted by Gasteiger charge is -2.38. The SMILES string of the molecule is COc1ccccc1[C@H](C)NC(=O)N[C@@H]1CCOC2(CCCC2)C1. The Hall–Kier alpha value is -1.75. The molecule has 1 aliphatic heterocycles. The van der Waals surface area contributed by atoms with Gasteiger partial charge in [-0.25, -0.2) is 4.79 Å². The first kappa shape index (κ1) is 17.1. The Morgan fingerprint density at radius 3 is 2.83 bits per heavy atom. The van der Waals surface area contributed by atoms with Gasteiger partial charge in [0.15, 0.2) is 0 Å². The summed E-state index contributed by atoms with van der Waals surface area (Å²) in [5.74, 6) is 0.793. The first-order valence-corrected chi connectivity index (χ1v) is 8.96. The zero-order valence-electron chi connectivity index (χ0n) is 14.6. The smallest absolute Gasteiger partial charge is 0.315 e. The molecule has 1 aliphatic carbocycles. The van der Waals surface area contributed by atoms with Gasteiger partial charge in [0.2, 0.25) is 0 Å². The van der Waals surface area contributed by atoms with Crippen LogP contribution in [-0.2, 0) is 4.74 Å². The van der Waals surface area contributed by atoms with Gasteiger partial charge in [-0.15, -0.1) is 0 Å². The van der Waals surface area contributed by atoms with E-state index in [1.165, 1.54) is 12.8 Å². The van der Waals surface area contributed by atoms with E-state index in [9.17, 15) is 4.79 Å². The van der Waals surface area contributed by atoms with E-state index in [4.69, 9.17) is 9.47 Å². The highest BCUT2D eigenvalue weighted by molar-refractivity contribution is 5.75. The Balaban J connectivity index is 1.55. The minimum atomic E-state index is -0.117. The number of ether oxygens (including phenoxy) is 2. The Morgan fingerprint density at radius 1 is 1.33 bits per heavy atom. The zero-order chi connectivity index (χ0) is 17.0. The van der Waals surface area contributed by atoms with E-state index >= 15 is 0 Å². The number of methoxy groups -OCH3 is 1. The van der Waals surface area contributed by atoms with Gasteiger partial charge in [-0.3, -0.25) is 0 Å². The Kier molecular flexibility index (Phi) is 5.29. The fourth-order valence-electron chi connectivity index (χ4n) is 4.04. The number of rotatable bonds is 4. The molecule has 5 heteroatoms. The summed E-state index contributed by atoms with van der Waals surface area (Å²) in [7, 11) is 1.65. The molecule has 1 saturated heterocycles. The molecular weight excluding hydrogens is 304 g/mol. The molecule has 1 aromatic carbocycles. The summed E-state index contributed by atoms with van der Waals surface area (Å²) >= 11 is 0. The van der Waals surface area contributed by atoms with Crippen LogP contribution in [0.15, 0.2) is 24.3 Å². The number of carbonyl (C=O) groups excluding carboxylic acids is 1. The van der Waals surface area contributed by atoms with Crippen molar-refractivity contribution in [3.8, 4) is 5.75 Å². The molecule has 0 bridgehead atoms. The Morgan fingerprint density at radius 2 is 2.08 bits per heavy atom. The van der Waals surface area contributed by atoms with Crippen LogP contribution in [0.3, 0.4) is 0 Å². The maximum absolute atomic E-state index is 12.4. The number of nitrogens with one attached hydrogen (secondary N) is 2. The second kappa shape index (κ2) is 7.43. The van der Waals surface area contributed by atoms with Gasteiger partial charge in [0.1, 0.15) is 5.75 Å². The van der Waals surface area contributed by atoms with Gasteiger partial charge in [0.05, 0.1) is 18.8 Å². The minimum absolute atomic E-state index is 0.0183. The van der Waals surface area contributed by atoms with Gasteiger partial charge in [0, 0.05) is 18.2 Å². The quantitative estimate of drug-likeness (QED) is 0.886. The molecular formula is C19H28N2O3. The molecule has 24 heavy (non-hydrogen) atoms. The maximum Gasteiger partial charge on any atom is 0.315 e. The highest BCUT2D eigenvalue weighted by atomic mass is 16.5. The lowest BCUT2D eigenvalue weighted by atomic mass is 9.89. The molecule has 132 valence electrons. The summed E-state index contributed by atoms with van der Waals surface area (Å²) in [4.78, 5) is 12.4. The third-order valence-corrected chi connectivity index (χ3v) is 5.30. The molecule has 2 aliphatic rings. The van der Waals surface area contributed by atoms with Crippen molar-refractivity contribution in [1.29, 1.82) is 0 Å². The number of para-hydroxylation sites is 1. The summed E-state index contributed by atoms with van der Waals surface area (Å²) < 4.78 is 11.4. The van der Waals surface area contributed by atoms with Crippen LogP contribution in [0.1, 0.15) is 57.1 Å². The average Bonchev–Trinajstić information content (AvgIpc) is 3.02. The van der Waals surface area contributed by atoms with Gasteiger partial charge >= 0.3 is 6.03 Å². The molecule has 2 atom stereocenters. The lowest BCUT2D eigenvalue weighted by Crippen LogP contribution is -2.50. The van der Waals surface area contributed by atoms with Gasteiger partial charge in [-0.2, -0.15) is 0 Å². The van der Waals surface area contributed by atoms with Crippen molar-refractivity contribution in [3.05, 3.63) is 29.8 Å². The Labute approximate surface area is 144 Å². The molecule has 0 radical (unpaired) electrons. The van der Waals surface area contributed by atoms with Crippen molar-refractivity contribution < 1.29 is 14.3 Å². The molecule has 2 fully saturated rings. The van der Waals surface area contributed by atoms with Crippen LogP contribution < -0.4 is 15.4 Å². The second-order valence-electron chi connectivity index (χ2n) is 7.01. The molecule has 2 N–H and O–H groups in total. The highest BCUT2D eigenvalue weighted by Gasteiger charge is 2.40. The van der Waals surface area contributed by atoms with Crippen LogP contribution >= 0.6 is 0 Å². The van der Waals surface area contributed by atoms with Crippen molar-refractivity contribution in [3.63, 3.8) is 0 Å². The molecule has 1 saturated carbocycles. The van der Waals surface area contributed by atoms with E-state index in [-0.39, 0.29) is 23.7 Å². The van der Waals surface area contributed by atoms with E-state index in [0.717, 1.165) is 43.6 Å². The van der Waals surface area contributed by atoms with Crippen molar-refractivity contribution in [1.82, 2.24) is 10.6 Å². The van der Waals surface area contributed by atoms with Crippen LogP contribution in [-0.4, -0.2) is 31.4 Å². The van der Waals surface area contributed by atoms with Crippen LogP contribution in [0.2, 0.25) is 0 Å². The van der Waals surface area contributed by atoms with E-state index in [1.54, 1.807) is 7.11 Å². The van der Waals surface area contributed by atoms with Crippen molar-refractivity contribution >= 4 is 6.03 Å². The number of carbonyl (C=O) groups is 1. The number of hydrogen-bond acceptors (Lipinski definition) is 3. The van der Waals surface area contributed by atoms with Gasteiger partial charge in [0.25, 0.3) is 0 Å². The molecule has 0 aromatic heterocycles. The summed E-state index contributed by atoms with van der Waals surface area (Å²) in [6, 6.07) is 7.74. The number of benzene rings is 1. The van der Waals surface area contributed by atoms with E-state index < -0.39 is 0 Å². The normalized spacial score (nSPS) is 23.7. The fourth-order valence-corrected chi connectivity index (χ4v) is 4.04. The molecule has 1 aromatic rings. The first-order valence-electron chi connectivity index (χ1n) is 8.96. The van der Waals surface area contributed by atoms with Crippen LogP contribution in [0, 0.1) is 0 Å². The van der Waals surface area contributed by atoms with Gasteiger partial charge < -0.3 is 20.1 Å². The number of amides is 2. The zero-order valence-corrected chi connectivity index (χ0v) is 14.6. The second-order valence-corrected chi connectivity index (χ2v) is 7.01. The highest BCUT2D eigenvalue weighted by Crippen LogP contribution is 2.39. The predicted molar refractivity (Wildman–Crippen MR) is 93.2 cm³/mol. The van der Waals surface area contributed by atoms with E-state index in [2.05, 4.69) is 10.6 Å². The summed E-state index contributed by atoms with van der Waals surface area (Å²) in [6.45, 7) is 2.72. The van der Waals surface area contributed by atoms with Gasteiger partial charge in [-0.1, -0.05) is 31.0 Å². The molecule has 5 nitrogen and oxygen atoms in total. The van der Waals surface area contributed by atoms with E-state index in [1.807, 2.05) is 31.2 Å². The largest absolute Gasteiger partial charge is 0.496 e. The fraction of sp³-hybridized carbons (Fsp3) is 0.632. The molecule has 0 unspecified atom stereocenters. The van der Waals surface area contributed by atoms with Gasteiger partial charge in [-0.05, 0) is 38.7 Å². The maximum atomic E-state index is 12.4. The van der Waals surface area contributed by atoms with Crippen LogP contribution in [0.5, 0.6) is 5.75 Å². The van der Waals surface area contributed by atoms with Crippen LogP contribution in [0.25, 0.3) is 0 Å². The topological polar surface area (TPSA) is 59.6 Å². The monoisotopic (exact) mass is 332 g/mol. The first-order chi connectivity index (χ1) is 11.6. The van der Waals surface area contributed by atoms with Crippen molar-refractivity contribution in [2.75, 3.05) is 13.7 Å². The predicted octanol–water partition coefficient (Wildman–Crippen LogP) is 3.55. The molecule has 2 amide bonds. The summed E-state index contributed by atoms with van der Waals surface area (Å²) in [5.41, 5.74) is 0.999. The summed E-state index contributed by atoms with van der Waals surface area (Å²) in [6.07, 6.45) is 6.56. The Bertz CT molecular complexity index is 569. The van der Waals surface area contributed by atoms with Crippen molar-refractivity contribution in [2.24, 2.45) is 0 Å².